The van der Waals surface area contributed by atoms with Crippen molar-refractivity contribution in [1.29, 1.82) is 0 Å². The maximum absolute atomic E-state index is 14.9. The second kappa shape index (κ2) is 10.7. The number of nitrogens with zero attached hydrogens (tertiary/aromatic N) is 3. The number of carbonyl (C=O) groups is 3. The summed E-state index contributed by atoms with van der Waals surface area (Å²) in [6.45, 7) is 4.40. The van der Waals surface area contributed by atoms with Crippen LogP contribution in [0.1, 0.15) is 42.4 Å². The van der Waals surface area contributed by atoms with Gasteiger partial charge in [-0.05, 0) is 35.4 Å². The number of sulfonamides is 1. The van der Waals surface area contributed by atoms with Crippen LogP contribution in [0, 0.1) is 11.2 Å². The van der Waals surface area contributed by atoms with Gasteiger partial charge in [-0.15, -0.1) is 0 Å². The molecule has 1 unspecified atom stereocenters. The number of amides is 3. The van der Waals surface area contributed by atoms with Crippen LogP contribution in [0.4, 0.5) is 28.0 Å². The molecule has 0 bridgehead atoms. The van der Waals surface area contributed by atoms with Gasteiger partial charge in [0.05, 0.1) is 33.4 Å². The molecule has 2 aliphatic heterocycles. The molecule has 0 saturated heterocycles. The lowest BCUT2D eigenvalue weighted by Gasteiger charge is -2.30. The van der Waals surface area contributed by atoms with Crippen molar-refractivity contribution in [3.63, 3.8) is 0 Å². The molecular weight excluding hydrogens is 586 g/mol. The molecule has 4 rings (SSSR count). The van der Waals surface area contributed by atoms with Crippen LogP contribution < -0.4 is 10.5 Å². The molecule has 4 N–H and O–H groups in total. The summed E-state index contributed by atoms with van der Waals surface area (Å²) in [6.07, 6.45) is -5.66. The second-order valence-electron chi connectivity index (χ2n) is 11.0. The van der Waals surface area contributed by atoms with E-state index in [0.29, 0.717) is 23.4 Å². The first-order valence-electron chi connectivity index (χ1n) is 12.5. The van der Waals surface area contributed by atoms with E-state index < -0.39 is 67.4 Å². The molecule has 11 nitrogen and oxygen atoms in total. The predicted octanol–water partition coefficient (Wildman–Crippen LogP) is 3.23. The Morgan fingerprint density at radius 1 is 1.12 bits per heavy atom. The molecule has 0 fully saturated rings. The van der Waals surface area contributed by atoms with Crippen LogP contribution >= 0.6 is 0 Å². The van der Waals surface area contributed by atoms with Gasteiger partial charge in [-0.2, -0.15) is 13.2 Å². The van der Waals surface area contributed by atoms with Gasteiger partial charge in [0.2, 0.25) is 15.9 Å². The first kappa shape index (κ1) is 30.9. The lowest BCUT2D eigenvalue weighted by atomic mass is 9.95. The number of pyridine rings is 1. The van der Waals surface area contributed by atoms with Crippen LogP contribution in [0.3, 0.4) is 0 Å². The Morgan fingerprint density at radius 3 is 2.33 bits per heavy atom. The highest BCUT2D eigenvalue weighted by atomic mass is 32.2. The molecule has 0 aliphatic carbocycles. The molecule has 2 aromatic rings. The van der Waals surface area contributed by atoms with E-state index in [-0.39, 0.29) is 37.4 Å². The summed E-state index contributed by atoms with van der Waals surface area (Å²) >= 11 is 0. The zero-order chi connectivity index (χ0) is 31.4. The van der Waals surface area contributed by atoms with Crippen LogP contribution in [0.25, 0.3) is 0 Å². The fraction of sp³-hybridized carbons (Fsp3) is 0.385. The number of alkyl halides is 3. The van der Waals surface area contributed by atoms with Crippen molar-refractivity contribution in [2.75, 3.05) is 25.0 Å². The lowest BCUT2D eigenvalue weighted by Crippen LogP contribution is -2.43. The van der Waals surface area contributed by atoms with Crippen molar-refractivity contribution < 1.29 is 45.5 Å². The minimum absolute atomic E-state index is 0.0176. The molecule has 1 aromatic heterocycles. The number of nitrogens with one attached hydrogen (secondary N) is 1. The molecule has 16 heteroatoms. The van der Waals surface area contributed by atoms with E-state index in [1.54, 1.807) is 20.8 Å². The van der Waals surface area contributed by atoms with Gasteiger partial charge in [-0.25, -0.2) is 22.7 Å². The number of benzene rings is 1. The highest BCUT2D eigenvalue weighted by molar-refractivity contribution is 7.89. The molecule has 0 radical (unpaired) electrons. The van der Waals surface area contributed by atoms with E-state index in [0.717, 1.165) is 23.1 Å². The Bertz CT molecular complexity index is 1620. The molecule has 2 aliphatic rings. The van der Waals surface area contributed by atoms with Gasteiger partial charge >= 0.3 is 12.3 Å². The standard InChI is InChI=1S/C26H27F4N5O6S/c1-25(2,3)23(37)33-20-6-14(26(28,29)30)9-32-19(20)8-21-17-12-34(24(38)39)10-13(17)11-35(21)22(36)16-5-4-15(7-18(16)27)42(31,40)41/h4-7,9,21H,8,10-12H2,1-3H3,(H,33,37)(H,38,39)(H2,31,40,41). The summed E-state index contributed by atoms with van der Waals surface area (Å²) in [5.41, 5.74) is -1.83. The highest BCUT2D eigenvalue weighted by Gasteiger charge is 2.43. The van der Waals surface area contributed by atoms with E-state index in [1.165, 1.54) is 4.90 Å². The van der Waals surface area contributed by atoms with Crippen LogP contribution in [0.2, 0.25) is 0 Å². The predicted molar refractivity (Wildman–Crippen MR) is 140 cm³/mol. The summed E-state index contributed by atoms with van der Waals surface area (Å²) in [4.78, 5) is 43.6. The molecule has 0 spiro atoms. The lowest BCUT2D eigenvalue weighted by molar-refractivity contribution is -0.137. The van der Waals surface area contributed by atoms with Gasteiger partial charge in [0.1, 0.15) is 5.82 Å². The summed E-state index contributed by atoms with van der Waals surface area (Å²) in [5.74, 6) is -2.64. The van der Waals surface area contributed by atoms with Crippen molar-refractivity contribution in [3.8, 4) is 0 Å². The number of carbonyl (C=O) groups excluding carboxylic acids is 2. The Labute approximate surface area is 238 Å². The van der Waals surface area contributed by atoms with Crippen molar-refractivity contribution in [3.05, 3.63) is 64.2 Å². The zero-order valence-electron chi connectivity index (χ0n) is 22.6. The van der Waals surface area contributed by atoms with Gasteiger partial charge in [0.25, 0.3) is 5.91 Å². The molecule has 226 valence electrons. The fourth-order valence-electron chi connectivity index (χ4n) is 4.70. The summed E-state index contributed by atoms with van der Waals surface area (Å²) < 4.78 is 78.7. The third kappa shape index (κ3) is 6.23. The fourth-order valence-corrected chi connectivity index (χ4v) is 5.22. The third-order valence-corrected chi connectivity index (χ3v) is 7.89. The summed E-state index contributed by atoms with van der Waals surface area (Å²) in [7, 11) is -4.26. The topological polar surface area (TPSA) is 163 Å². The molecule has 42 heavy (non-hydrogen) atoms. The normalized spacial score (nSPS) is 17.5. The highest BCUT2D eigenvalue weighted by Crippen LogP contribution is 2.37. The Hall–Kier alpha value is -4.05. The average molecular weight is 614 g/mol. The largest absolute Gasteiger partial charge is 0.465 e. The molecule has 0 saturated carbocycles. The zero-order valence-corrected chi connectivity index (χ0v) is 23.4. The van der Waals surface area contributed by atoms with Crippen LogP contribution in [-0.4, -0.2) is 71.9 Å². The number of rotatable bonds is 5. The summed E-state index contributed by atoms with van der Waals surface area (Å²) in [5, 5.41) is 17.0. The number of halogens is 4. The quantitative estimate of drug-likeness (QED) is 0.344. The monoisotopic (exact) mass is 613 g/mol. The second-order valence-corrected chi connectivity index (χ2v) is 12.6. The van der Waals surface area contributed by atoms with Crippen LogP contribution in [0.5, 0.6) is 0 Å². The molecule has 3 amide bonds. The van der Waals surface area contributed by atoms with Gasteiger partial charge in [0.15, 0.2) is 0 Å². The SMILES string of the molecule is CC(C)(C)C(=O)Nc1cc(C(F)(F)F)cnc1CC1C2=C(CN(C(=O)O)C2)CN1C(=O)c1ccc(S(N)(=O)=O)cc1F. The smallest absolute Gasteiger partial charge is 0.417 e. The molecular formula is C26H27F4N5O6S. The maximum atomic E-state index is 14.9. The van der Waals surface area contributed by atoms with Gasteiger partial charge in [0, 0.05) is 37.7 Å². The Morgan fingerprint density at radius 2 is 1.79 bits per heavy atom. The number of hydrogen-bond acceptors (Lipinski definition) is 6. The van der Waals surface area contributed by atoms with Crippen molar-refractivity contribution in [2.24, 2.45) is 10.6 Å². The maximum Gasteiger partial charge on any atom is 0.417 e. The molecule has 1 atom stereocenters. The number of primary sulfonamides is 1. The number of carboxylic acid groups (broad SMARTS) is 1. The van der Waals surface area contributed by atoms with E-state index in [2.05, 4.69) is 10.3 Å². The van der Waals surface area contributed by atoms with E-state index in [9.17, 15) is 45.5 Å². The third-order valence-electron chi connectivity index (χ3n) is 6.98. The number of anilines is 1. The number of hydrogen-bond donors (Lipinski definition) is 3. The number of nitrogens with two attached hydrogens (primary N) is 1. The van der Waals surface area contributed by atoms with Gasteiger partial charge in [-0.1, -0.05) is 20.8 Å². The van der Waals surface area contributed by atoms with E-state index in [1.807, 2.05) is 0 Å². The van der Waals surface area contributed by atoms with Crippen LogP contribution in [-0.2, 0) is 27.4 Å². The van der Waals surface area contributed by atoms with E-state index in [4.69, 9.17) is 5.14 Å². The van der Waals surface area contributed by atoms with Crippen molar-refractivity contribution in [2.45, 2.75) is 44.3 Å². The Balaban J connectivity index is 1.75. The number of aromatic nitrogens is 1. The van der Waals surface area contributed by atoms with Crippen molar-refractivity contribution >= 4 is 33.6 Å². The van der Waals surface area contributed by atoms with Crippen LogP contribution in [0.15, 0.2) is 46.5 Å². The summed E-state index contributed by atoms with van der Waals surface area (Å²) in [6, 6.07) is 2.27. The minimum atomic E-state index is -4.77. The first-order chi connectivity index (χ1) is 19.3. The average Bonchev–Trinajstić information content (AvgIpc) is 3.42. The van der Waals surface area contributed by atoms with Crippen molar-refractivity contribution in [1.82, 2.24) is 14.8 Å². The van der Waals surface area contributed by atoms with E-state index >= 15 is 0 Å². The van der Waals surface area contributed by atoms with Gasteiger partial charge in [-0.3, -0.25) is 14.6 Å². The minimum Gasteiger partial charge on any atom is -0.465 e. The molecule has 3 heterocycles. The first-order valence-corrected chi connectivity index (χ1v) is 14.0. The van der Waals surface area contributed by atoms with Gasteiger partial charge < -0.3 is 20.2 Å². The Kier molecular flexibility index (Phi) is 7.84. The molecule has 1 aromatic carbocycles.